The lowest BCUT2D eigenvalue weighted by Gasteiger charge is -2.38. The van der Waals surface area contributed by atoms with E-state index in [1.165, 1.54) is 18.0 Å². The molecule has 1 atom stereocenters. The van der Waals surface area contributed by atoms with Crippen molar-refractivity contribution in [2.75, 3.05) is 26.7 Å². The van der Waals surface area contributed by atoms with Crippen molar-refractivity contribution < 1.29 is 14.2 Å². The molecule has 7 nitrogen and oxygen atoms in total. The lowest BCUT2D eigenvalue weighted by atomic mass is 9.92. The van der Waals surface area contributed by atoms with E-state index in [0.717, 1.165) is 38.0 Å². The molecule has 0 bridgehead atoms. The molecular weight excluding hydrogens is 471 g/mol. The summed E-state index contributed by atoms with van der Waals surface area (Å²) >= 11 is 0. The summed E-state index contributed by atoms with van der Waals surface area (Å²) in [7, 11) is 1.75. The number of hydrogen-bond acceptors (Lipinski definition) is 6. The number of likely N-dealkylation sites (tertiary alicyclic amines) is 1. The average Bonchev–Trinajstić information content (AvgIpc) is 3.70. The Bertz CT molecular complexity index is 1350. The fourth-order valence-corrected chi connectivity index (χ4v) is 4.53. The number of benzene rings is 2. The van der Waals surface area contributed by atoms with Crippen LogP contribution in [0.1, 0.15) is 46.7 Å². The SMILES string of the molecule is COC1CN(Cc2ccc(C#Cc3ccc([C@H](CNC4CC4)Cc4nc[nH]c(=O)c4O)c(F)c3)cc2)C1. The highest BCUT2D eigenvalue weighted by Crippen LogP contribution is 2.27. The van der Waals surface area contributed by atoms with Gasteiger partial charge >= 0.3 is 0 Å². The molecule has 3 aromatic rings. The van der Waals surface area contributed by atoms with Crippen molar-refractivity contribution in [2.45, 2.75) is 43.9 Å². The van der Waals surface area contributed by atoms with Crippen molar-refractivity contribution in [3.63, 3.8) is 0 Å². The molecule has 8 heteroatoms. The molecule has 2 heterocycles. The van der Waals surface area contributed by atoms with E-state index in [-0.39, 0.29) is 23.8 Å². The average molecular weight is 503 g/mol. The van der Waals surface area contributed by atoms with Crippen LogP contribution in [-0.2, 0) is 17.7 Å². The van der Waals surface area contributed by atoms with E-state index < -0.39 is 11.3 Å². The van der Waals surface area contributed by atoms with Crippen LogP contribution in [0.3, 0.4) is 0 Å². The van der Waals surface area contributed by atoms with Crippen LogP contribution in [0, 0.1) is 17.7 Å². The van der Waals surface area contributed by atoms with Gasteiger partial charge in [-0.1, -0.05) is 30.0 Å². The zero-order valence-electron chi connectivity index (χ0n) is 20.8. The summed E-state index contributed by atoms with van der Waals surface area (Å²) < 4.78 is 20.6. The summed E-state index contributed by atoms with van der Waals surface area (Å²) in [5.74, 6) is 5.11. The van der Waals surface area contributed by atoms with Crippen molar-refractivity contribution in [3.8, 4) is 17.6 Å². The van der Waals surface area contributed by atoms with Crippen LogP contribution < -0.4 is 10.9 Å². The number of ether oxygens (including phenoxy) is 1. The van der Waals surface area contributed by atoms with Gasteiger partial charge in [-0.15, -0.1) is 0 Å². The van der Waals surface area contributed by atoms with Gasteiger partial charge in [-0.3, -0.25) is 9.69 Å². The minimum absolute atomic E-state index is 0.243. The highest BCUT2D eigenvalue weighted by atomic mass is 19.1. The van der Waals surface area contributed by atoms with Crippen molar-refractivity contribution in [3.05, 3.63) is 92.9 Å². The first-order chi connectivity index (χ1) is 18.0. The number of methoxy groups -OCH3 is 1. The van der Waals surface area contributed by atoms with Gasteiger partial charge in [0.15, 0.2) is 0 Å². The summed E-state index contributed by atoms with van der Waals surface area (Å²) in [6, 6.07) is 13.6. The summed E-state index contributed by atoms with van der Waals surface area (Å²) in [5.41, 5.74) is 2.84. The Kier molecular flexibility index (Phi) is 7.65. The summed E-state index contributed by atoms with van der Waals surface area (Å²) in [4.78, 5) is 20.6. The molecule has 2 aromatic carbocycles. The van der Waals surface area contributed by atoms with E-state index in [1.54, 1.807) is 13.2 Å². The Labute approximate surface area is 215 Å². The largest absolute Gasteiger partial charge is 0.502 e. The van der Waals surface area contributed by atoms with Gasteiger partial charge < -0.3 is 20.1 Å². The highest BCUT2D eigenvalue weighted by Gasteiger charge is 2.26. The number of nitrogens with one attached hydrogen (secondary N) is 2. The van der Waals surface area contributed by atoms with Crippen molar-refractivity contribution >= 4 is 0 Å². The minimum Gasteiger partial charge on any atom is -0.502 e. The maximum Gasteiger partial charge on any atom is 0.293 e. The standard InChI is InChI=1S/C29H31FN4O3/c1-37-24-16-34(17-24)15-21-6-3-19(4-7-21)2-5-20-8-11-25(26(30)12-20)22(14-31-23-9-10-23)13-27-28(35)29(36)33-18-32-27/h3-4,6-8,11-12,18,22-24,31,35H,9-10,13-17H2,1H3,(H,32,33,36)/t22-/m0/s1. The van der Waals surface area contributed by atoms with Crippen LogP contribution in [0.15, 0.2) is 53.6 Å². The second kappa shape index (κ2) is 11.3. The smallest absolute Gasteiger partial charge is 0.293 e. The number of aromatic hydroxyl groups is 1. The second-order valence-corrected chi connectivity index (χ2v) is 9.85. The maximum absolute atomic E-state index is 15.3. The molecule has 1 aliphatic heterocycles. The van der Waals surface area contributed by atoms with Crippen LogP contribution in [0.2, 0.25) is 0 Å². The Morgan fingerprint density at radius 2 is 1.92 bits per heavy atom. The number of H-pyrrole nitrogens is 1. The van der Waals surface area contributed by atoms with Gasteiger partial charge in [-0.2, -0.15) is 0 Å². The first-order valence-corrected chi connectivity index (χ1v) is 12.6. The normalized spacial score (nSPS) is 16.6. The lowest BCUT2D eigenvalue weighted by Crippen LogP contribution is -2.50. The number of rotatable bonds is 9. The molecule has 0 unspecified atom stereocenters. The Morgan fingerprint density at radius 3 is 2.62 bits per heavy atom. The molecule has 37 heavy (non-hydrogen) atoms. The molecule has 2 aliphatic rings. The Balaban J connectivity index is 1.27. The summed E-state index contributed by atoms with van der Waals surface area (Å²) in [6.07, 6.45) is 4.05. The first-order valence-electron chi connectivity index (χ1n) is 12.6. The summed E-state index contributed by atoms with van der Waals surface area (Å²) in [6.45, 7) is 3.33. The fourth-order valence-electron chi connectivity index (χ4n) is 4.53. The predicted molar refractivity (Wildman–Crippen MR) is 139 cm³/mol. The Hall–Kier alpha value is -3.51. The van der Waals surface area contributed by atoms with E-state index in [2.05, 4.69) is 44.2 Å². The summed E-state index contributed by atoms with van der Waals surface area (Å²) in [5, 5.41) is 13.6. The van der Waals surface area contributed by atoms with E-state index in [9.17, 15) is 9.90 Å². The molecule has 2 fully saturated rings. The van der Waals surface area contributed by atoms with Crippen LogP contribution in [-0.4, -0.2) is 58.9 Å². The molecule has 192 valence electrons. The molecule has 0 amide bonds. The molecular formula is C29H31FN4O3. The predicted octanol–water partition coefficient (Wildman–Crippen LogP) is 2.92. The van der Waals surface area contributed by atoms with E-state index in [1.807, 2.05) is 18.2 Å². The first kappa shape index (κ1) is 25.2. The van der Waals surface area contributed by atoms with Gasteiger partial charge in [0.1, 0.15) is 5.82 Å². The van der Waals surface area contributed by atoms with E-state index in [4.69, 9.17) is 4.74 Å². The van der Waals surface area contributed by atoms with Gasteiger partial charge in [0.05, 0.1) is 18.1 Å². The Morgan fingerprint density at radius 1 is 1.19 bits per heavy atom. The van der Waals surface area contributed by atoms with E-state index >= 15 is 4.39 Å². The van der Waals surface area contributed by atoms with Gasteiger partial charge in [0, 0.05) is 62.8 Å². The van der Waals surface area contributed by atoms with Crippen molar-refractivity contribution in [1.82, 2.24) is 20.2 Å². The maximum atomic E-state index is 15.3. The third kappa shape index (κ3) is 6.44. The molecule has 1 saturated carbocycles. The minimum atomic E-state index is -0.599. The third-order valence-corrected chi connectivity index (χ3v) is 6.98. The van der Waals surface area contributed by atoms with Gasteiger partial charge in [0.2, 0.25) is 5.75 Å². The van der Waals surface area contributed by atoms with Crippen LogP contribution in [0.25, 0.3) is 0 Å². The lowest BCUT2D eigenvalue weighted by molar-refractivity contribution is -0.0333. The molecule has 0 spiro atoms. The monoisotopic (exact) mass is 502 g/mol. The molecule has 0 radical (unpaired) electrons. The molecule has 1 aromatic heterocycles. The van der Waals surface area contributed by atoms with Gasteiger partial charge in [-0.05, 0) is 48.2 Å². The van der Waals surface area contributed by atoms with Crippen LogP contribution in [0.5, 0.6) is 5.75 Å². The highest BCUT2D eigenvalue weighted by molar-refractivity contribution is 5.45. The molecule has 1 aliphatic carbocycles. The number of halogens is 1. The molecule has 5 rings (SSSR count). The fraction of sp³-hybridized carbons (Fsp3) is 0.379. The third-order valence-electron chi connectivity index (χ3n) is 6.98. The topological polar surface area (TPSA) is 90.5 Å². The zero-order chi connectivity index (χ0) is 25.8. The van der Waals surface area contributed by atoms with Crippen LogP contribution >= 0.6 is 0 Å². The van der Waals surface area contributed by atoms with Gasteiger partial charge in [-0.25, -0.2) is 9.37 Å². The van der Waals surface area contributed by atoms with Crippen LogP contribution in [0.4, 0.5) is 4.39 Å². The number of nitrogens with zero attached hydrogens (tertiary/aromatic N) is 2. The second-order valence-electron chi connectivity index (χ2n) is 9.85. The van der Waals surface area contributed by atoms with Crippen molar-refractivity contribution in [2.24, 2.45) is 0 Å². The van der Waals surface area contributed by atoms with Crippen molar-refractivity contribution in [1.29, 1.82) is 0 Å². The molecule has 1 saturated heterocycles. The molecule has 3 N–H and O–H groups in total. The van der Waals surface area contributed by atoms with E-state index in [0.29, 0.717) is 29.8 Å². The zero-order valence-corrected chi connectivity index (χ0v) is 20.8. The number of hydrogen-bond donors (Lipinski definition) is 3. The number of aromatic nitrogens is 2. The number of aromatic amines is 1. The quantitative estimate of drug-likeness (QED) is 0.390. The van der Waals surface area contributed by atoms with Gasteiger partial charge in [0.25, 0.3) is 5.56 Å².